The first-order valence-electron chi connectivity index (χ1n) is 15.7. The van der Waals surface area contributed by atoms with Gasteiger partial charge in [0.15, 0.2) is 0 Å². The molecule has 0 bridgehead atoms. The Kier molecular flexibility index (Phi) is 10.9. The summed E-state index contributed by atoms with van der Waals surface area (Å²) >= 11 is 0. The van der Waals surface area contributed by atoms with Gasteiger partial charge in [-0.2, -0.15) is 5.26 Å². The van der Waals surface area contributed by atoms with E-state index in [1.807, 2.05) is 36.4 Å². The Morgan fingerprint density at radius 1 is 0.578 bits per heavy atom. The van der Waals surface area contributed by atoms with Crippen molar-refractivity contribution >= 4 is 39.2 Å². The Morgan fingerprint density at radius 3 is 1.47 bits per heavy atom. The van der Waals surface area contributed by atoms with E-state index in [0.717, 1.165) is 21.8 Å². The fraction of sp³-hybridized carbons (Fsp3) is 0.300. The van der Waals surface area contributed by atoms with Crippen LogP contribution in [0.1, 0.15) is 107 Å². The topological polar surface area (TPSA) is 43.9 Å². The first kappa shape index (κ1) is 33.9. The molecule has 1 aromatic heterocycles. The number of rotatable bonds is 6. The molecule has 0 saturated carbocycles. The van der Waals surface area contributed by atoms with E-state index in [1.165, 1.54) is 33.6 Å². The standard InChI is InChI=1S/C27H36N2.C13H7N2.Au/c1-18(2)22-11-9-12-23(19(3)4)26(22)28-15-16-29(17-28)27-24(20(5)6)13-10-14-25(27)21(7)8;14-8-9-5-6-13-11(7-9)10-3-1-2-4-12(10)15-13;/h9-16,18-21H,1-8H3;1-7H;/q+2;-1;+1. The molecule has 232 valence electrons. The molecule has 0 saturated heterocycles. The molecule has 0 amide bonds. The molecular weight excluding hydrogens is 733 g/mol. The van der Waals surface area contributed by atoms with Gasteiger partial charge in [0.2, 0.25) is 11.4 Å². The zero-order valence-electron chi connectivity index (χ0n) is 27.6. The molecular formula is C40H43AuN4+2. The summed E-state index contributed by atoms with van der Waals surface area (Å²) in [6.45, 7) is 18.2. The number of aromatic nitrogens is 1. The van der Waals surface area contributed by atoms with Crippen LogP contribution in [0, 0.1) is 11.3 Å². The Bertz CT molecular complexity index is 1850. The maximum atomic E-state index is 8.84. The van der Waals surface area contributed by atoms with Crippen molar-refractivity contribution in [2.45, 2.75) is 79.1 Å². The van der Waals surface area contributed by atoms with E-state index in [1.54, 1.807) is 6.07 Å². The molecule has 5 aromatic rings. The second-order valence-electron chi connectivity index (χ2n) is 12.8. The first-order chi connectivity index (χ1) is 21.1. The first-order valence-corrected chi connectivity index (χ1v) is 15.7. The molecule has 0 radical (unpaired) electrons. The minimum atomic E-state index is 0. The van der Waals surface area contributed by atoms with Crippen LogP contribution in [0.15, 0.2) is 91.3 Å². The van der Waals surface area contributed by atoms with Gasteiger partial charge in [-0.15, -0.1) is 11.0 Å². The Hall–Kier alpha value is -3.97. The monoisotopic (exact) mass is 776 g/mol. The number of benzene rings is 4. The number of para-hydroxylation sites is 3. The molecule has 4 nitrogen and oxygen atoms in total. The van der Waals surface area contributed by atoms with Crippen LogP contribution in [0.2, 0.25) is 0 Å². The van der Waals surface area contributed by atoms with E-state index in [0.29, 0.717) is 29.2 Å². The molecule has 1 aliphatic rings. The van der Waals surface area contributed by atoms with Crippen LogP contribution in [-0.2, 0) is 22.4 Å². The van der Waals surface area contributed by atoms with Crippen LogP contribution in [0.3, 0.4) is 0 Å². The number of fused-ring (bicyclic) bond motifs is 3. The predicted octanol–water partition coefficient (Wildman–Crippen LogP) is 10.6. The normalized spacial score (nSPS) is 12.4. The maximum absolute atomic E-state index is 8.84. The molecule has 5 heteroatoms. The summed E-state index contributed by atoms with van der Waals surface area (Å²) in [6.07, 6.45) is 4.32. The van der Waals surface area contributed by atoms with Gasteiger partial charge in [0, 0.05) is 22.3 Å². The summed E-state index contributed by atoms with van der Waals surface area (Å²) in [7, 11) is 0. The second kappa shape index (κ2) is 14.4. The van der Waals surface area contributed by atoms with E-state index in [9.17, 15) is 0 Å². The molecule has 0 N–H and O–H groups in total. The molecule has 1 aliphatic heterocycles. The molecule has 0 fully saturated rings. The van der Waals surface area contributed by atoms with Gasteiger partial charge in [-0.1, -0.05) is 131 Å². The predicted molar refractivity (Wildman–Crippen MR) is 183 cm³/mol. The van der Waals surface area contributed by atoms with Crippen LogP contribution >= 0.6 is 0 Å². The molecule has 0 atom stereocenters. The Labute approximate surface area is 284 Å². The second-order valence-corrected chi connectivity index (χ2v) is 12.8. The van der Waals surface area contributed by atoms with E-state index in [4.69, 9.17) is 5.26 Å². The van der Waals surface area contributed by atoms with Crippen LogP contribution in [0.4, 0.5) is 11.4 Å². The average molecular weight is 777 g/mol. The van der Waals surface area contributed by atoms with Crippen LogP contribution in [0.5, 0.6) is 0 Å². The van der Waals surface area contributed by atoms with Gasteiger partial charge in [0.05, 0.1) is 11.6 Å². The van der Waals surface area contributed by atoms with E-state index >= 15 is 0 Å². The fourth-order valence-corrected chi connectivity index (χ4v) is 5.99. The third-order valence-corrected chi connectivity index (χ3v) is 8.31. The SMILES string of the molecule is CC(C)c1cccc(C(C)C)c1[N+]1=C=[N+](c2c(C(C)C)cccc2C(C)C)C=C1.N#Cc1ccc2[n-]c3ccccc3c2c1.[Au+]. The van der Waals surface area contributed by atoms with Crippen molar-refractivity contribution in [1.82, 2.24) is 4.98 Å². The Morgan fingerprint density at radius 2 is 1.02 bits per heavy atom. The van der Waals surface area contributed by atoms with E-state index in [-0.39, 0.29) is 22.4 Å². The average Bonchev–Trinajstić information content (AvgIpc) is 3.65. The van der Waals surface area contributed by atoms with Gasteiger partial charge in [0.1, 0.15) is 0 Å². The van der Waals surface area contributed by atoms with Gasteiger partial charge in [0.25, 0.3) is 12.4 Å². The Balaban J connectivity index is 0.000000240. The van der Waals surface area contributed by atoms with Gasteiger partial charge >= 0.3 is 28.4 Å². The summed E-state index contributed by atoms with van der Waals surface area (Å²) < 4.78 is 4.40. The molecule has 0 spiro atoms. The number of nitrogens with zero attached hydrogens (tertiary/aromatic N) is 4. The fourth-order valence-electron chi connectivity index (χ4n) is 5.99. The van der Waals surface area contributed by atoms with E-state index < -0.39 is 0 Å². The van der Waals surface area contributed by atoms with Crippen molar-refractivity contribution in [2.75, 3.05) is 0 Å². The summed E-state index contributed by atoms with van der Waals surface area (Å²) in [5.74, 6) is 1.84. The maximum Gasteiger partial charge on any atom is 1.00 e. The molecule has 45 heavy (non-hydrogen) atoms. The third kappa shape index (κ3) is 6.99. The smallest absolute Gasteiger partial charge is 0.657 e. The number of hydrogen-bond donors (Lipinski definition) is 0. The summed E-state index contributed by atoms with van der Waals surface area (Å²) in [4.78, 5) is 4.48. The molecule has 2 heterocycles. The van der Waals surface area contributed by atoms with Gasteiger partial charge < -0.3 is 4.98 Å². The minimum absolute atomic E-state index is 0. The van der Waals surface area contributed by atoms with Crippen molar-refractivity contribution in [1.29, 1.82) is 5.26 Å². The van der Waals surface area contributed by atoms with Crippen LogP contribution in [0.25, 0.3) is 21.8 Å². The largest absolute Gasteiger partial charge is 1.00 e. The van der Waals surface area contributed by atoms with Crippen LogP contribution in [-0.4, -0.2) is 15.2 Å². The summed E-state index contributed by atoms with van der Waals surface area (Å²) in [6, 6.07) is 32.8. The minimum Gasteiger partial charge on any atom is -0.657 e. The van der Waals surface area contributed by atoms with Crippen molar-refractivity contribution in [3.05, 3.63) is 119 Å². The number of hydrogen-bond acceptors (Lipinski definition) is 1. The summed E-state index contributed by atoms with van der Waals surface area (Å²) in [5, 5.41) is 11.0. The van der Waals surface area contributed by atoms with Crippen molar-refractivity contribution in [2.24, 2.45) is 0 Å². The summed E-state index contributed by atoms with van der Waals surface area (Å²) in [5.41, 5.74) is 10.7. The quantitative estimate of drug-likeness (QED) is 0.127. The van der Waals surface area contributed by atoms with Gasteiger partial charge in [-0.25, -0.2) is 0 Å². The number of nitriles is 1. The van der Waals surface area contributed by atoms with Crippen molar-refractivity contribution in [3.63, 3.8) is 0 Å². The van der Waals surface area contributed by atoms with Crippen LogP contribution < -0.4 is 4.98 Å². The zero-order chi connectivity index (χ0) is 31.5. The van der Waals surface area contributed by atoms with Gasteiger partial charge in [-0.3, -0.25) is 0 Å². The van der Waals surface area contributed by atoms with E-state index in [2.05, 4.69) is 130 Å². The molecule has 0 aliphatic carbocycles. The molecule has 0 unspecified atom stereocenters. The van der Waals surface area contributed by atoms with Crippen molar-refractivity contribution < 1.29 is 31.5 Å². The van der Waals surface area contributed by atoms with Crippen molar-refractivity contribution in [3.8, 4) is 6.07 Å². The zero-order valence-corrected chi connectivity index (χ0v) is 29.7. The van der Waals surface area contributed by atoms with Gasteiger partial charge in [-0.05, 0) is 46.6 Å². The molecule has 6 rings (SSSR count). The third-order valence-electron chi connectivity index (χ3n) is 8.31. The molecule has 4 aromatic carbocycles.